The van der Waals surface area contributed by atoms with Gasteiger partial charge in [-0.15, -0.1) is 0 Å². The first-order valence-corrected chi connectivity index (χ1v) is 25.0. The van der Waals surface area contributed by atoms with Gasteiger partial charge < -0.3 is 14.2 Å². The standard InChI is InChI=1S/C56H90O6/c1-4-7-10-13-16-19-22-25-28-31-34-37-40-43-46-49-55(58)61-52-53(51-60-54(57)48-45-42-39-36-33-30-27-24-21-18-15-12-9-6-3)62-56(59)50-47-44-41-38-35-32-29-26-23-20-17-14-11-8-5-2/h7-8,10-11,13-14,16-17,19-20,22-23,25,28,30-31,33-34,53H,4-6,9,12,15,18,21,24,26-27,29,32,35-52H2,1-3H3/b10-7-,11-8-,16-13-,17-14-,22-19-,23-20-,28-25-,33-30-,34-31-. The van der Waals surface area contributed by atoms with Crippen LogP contribution in [-0.2, 0) is 28.6 Å². The molecule has 0 aliphatic rings. The zero-order chi connectivity index (χ0) is 45.1. The number of carbonyl (C=O) groups is 3. The summed E-state index contributed by atoms with van der Waals surface area (Å²) in [6.45, 7) is 6.28. The van der Waals surface area contributed by atoms with Crippen LogP contribution in [0.15, 0.2) is 109 Å². The number of esters is 3. The Kier molecular flexibility index (Phi) is 46.6. The second-order valence-electron chi connectivity index (χ2n) is 16.1. The van der Waals surface area contributed by atoms with Gasteiger partial charge in [0, 0.05) is 19.3 Å². The molecular weight excluding hydrogens is 769 g/mol. The molecule has 1 atom stereocenters. The highest BCUT2D eigenvalue weighted by Gasteiger charge is 2.19. The Morgan fingerprint density at radius 1 is 0.339 bits per heavy atom. The van der Waals surface area contributed by atoms with E-state index in [-0.39, 0.29) is 31.1 Å². The van der Waals surface area contributed by atoms with Gasteiger partial charge in [0.1, 0.15) is 13.2 Å². The minimum atomic E-state index is -0.809. The van der Waals surface area contributed by atoms with E-state index >= 15 is 0 Å². The molecule has 350 valence electrons. The van der Waals surface area contributed by atoms with Crippen LogP contribution >= 0.6 is 0 Å². The van der Waals surface area contributed by atoms with E-state index in [0.717, 1.165) is 103 Å². The van der Waals surface area contributed by atoms with Crippen molar-refractivity contribution in [3.05, 3.63) is 109 Å². The summed E-state index contributed by atoms with van der Waals surface area (Å²) >= 11 is 0. The summed E-state index contributed by atoms with van der Waals surface area (Å²) in [6, 6.07) is 0. The Bertz CT molecular complexity index is 1310. The van der Waals surface area contributed by atoms with E-state index in [0.29, 0.717) is 19.3 Å². The largest absolute Gasteiger partial charge is 0.462 e. The first kappa shape index (κ1) is 58.1. The third-order valence-electron chi connectivity index (χ3n) is 10.2. The minimum Gasteiger partial charge on any atom is -0.462 e. The van der Waals surface area contributed by atoms with Gasteiger partial charge in [0.25, 0.3) is 0 Å². The summed E-state index contributed by atoms with van der Waals surface area (Å²) < 4.78 is 16.7. The smallest absolute Gasteiger partial charge is 0.306 e. The van der Waals surface area contributed by atoms with E-state index in [1.54, 1.807) is 0 Å². The highest BCUT2D eigenvalue weighted by atomic mass is 16.6. The van der Waals surface area contributed by atoms with Gasteiger partial charge in [-0.1, -0.05) is 214 Å². The van der Waals surface area contributed by atoms with Gasteiger partial charge in [-0.25, -0.2) is 0 Å². The van der Waals surface area contributed by atoms with Crippen molar-refractivity contribution in [2.45, 2.75) is 213 Å². The third-order valence-corrected chi connectivity index (χ3v) is 10.2. The molecule has 0 saturated carbocycles. The summed E-state index contributed by atoms with van der Waals surface area (Å²) in [5.41, 5.74) is 0. The summed E-state index contributed by atoms with van der Waals surface area (Å²) in [5, 5.41) is 0. The Morgan fingerprint density at radius 3 is 1.05 bits per heavy atom. The number of rotatable bonds is 43. The Labute approximate surface area is 380 Å². The fourth-order valence-electron chi connectivity index (χ4n) is 6.46. The van der Waals surface area contributed by atoms with E-state index in [2.05, 4.69) is 81.5 Å². The maximum absolute atomic E-state index is 12.8. The van der Waals surface area contributed by atoms with E-state index in [9.17, 15) is 14.4 Å². The summed E-state index contributed by atoms with van der Waals surface area (Å²) in [6.07, 6.45) is 66.4. The molecule has 0 N–H and O–H groups in total. The first-order chi connectivity index (χ1) is 30.5. The predicted molar refractivity (Wildman–Crippen MR) is 265 cm³/mol. The minimum absolute atomic E-state index is 0.107. The van der Waals surface area contributed by atoms with Gasteiger partial charge in [0.15, 0.2) is 6.10 Å². The zero-order valence-corrected chi connectivity index (χ0v) is 39.8. The van der Waals surface area contributed by atoms with Gasteiger partial charge in [-0.3, -0.25) is 14.4 Å². The Morgan fingerprint density at radius 2 is 0.645 bits per heavy atom. The summed E-state index contributed by atoms with van der Waals surface area (Å²) in [4.78, 5) is 37.9. The third kappa shape index (κ3) is 47.1. The molecule has 0 radical (unpaired) electrons. The normalized spacial score (nSPS) is 13.0. The van der Waals surface area contributed by atoms with Crippen LogP contribution in [0.5, 0.6) is 0 Å². The van der Waals surface area contributed by atoms with E-state index in [1.807, 2.05) is 48.6 Å². The van der Waals surface area contributed by atoms with Gasteiger partial charge >= 0.3 is 17.9 Å². The quantitative estimate of drug-likeness (QED) is 0.0200. The van der Waals surface area contributed by atoms with Crippen molar-refractivity contribution in [2.24, 2.45) is 0 Å². The molecule has 0 aliphatic carbocycles. The van der Waals surface area contributed by atoms with Gasteiger partial charge in [0.2, 0.25) is 0 Å². The maximum atomic E-state index is 12.8. The number of carbonyl (C=O) groups excluding carboxylic acids is 3. The van der Waals surface area contributed by atoms with E-state index in [4.69, 9.17) is 14.2 Å². The Balaban J connectivity index is 4.53. The lowest BCUT2D eigenvalue weighted by atomic mass is 10.1. The van der Waals surface area contributed by atoms with Crippen LogP contribution in [0.2, 0.25) is 0 Å². The maximum Gasteiger partial charge on any atom is 0.306 e. The van der Waals surface area contributed by atoms with Crippen molar-refractivity contribution in [3.63, 3.8) is 0 Å². The molecule has 1 unspecified atom stereocenters. The molecule has 62 heavy (non-hydrogen) atoms. The molecule has 0 aromatic heterocycles. The number of hydrogen-bond donors (Lipinski definition) is 0. The van der Waals surface area contributed by atoms with Crippen LogP contribution in [0.3, 0.4) is 0 Å². The molecule has 0 rings (SSSR count). The molecular formula is C56H90O6. The second-order valence-corrected chi connectivity index (χ2v) is 16.1. The second kappa shape index (κ2) is 49.7. The number of allylic oxidation sites excluding steroid dienone is 18. The van der Waals surface area contributed by atoms with E-state index in [1.165, 1.54) is 64.2 Å². The molecule has 0 aromatic rings. The molecule has 0 aliphatic heterocycles. The molecule has 0 heterocycles. The van der Waals surface area contributed by atoms with Crippen molar-refractivity contribution in [3.8, 4) is 0 Å². The van der Waals surface area contributed by atoms with Crippen LogP contribution < -0.4 is 0 Å². The number of hydrogen-bond acceptors (Lipinski definition) is 6. The summed E-state index contributed by atoms with van der Waals surface area (Å²) in [5.74, 6) is -0.983. The first-order valence-electron chi connectivity index (χ1n) is 25.0. The van der Waals surface area contributed by atoms with Crippen molar-refractivity contribution < 1.29 is 28.6 Å². The van der Waals surface area contributed by atoms with Crippen LogP contribution in [0.4, 0.5) is 0 Å². The lowest BCUT2D eigenvalue weighted by molar-refractivity contribution is -0.167. The SMILES string of the molecule is CC\C=C/C=C\C=C/C=C\C=C/CCCCCC(=O)OCC(COC(=O)CCCCC/C=C\CCCCCCCCC)OC(=O)CCCCCCCCC\C=C/C=C\C=C/CC. The molecule has 0 fully saturated rings. The van der Waals surface area contributed by atoms with Crippen molar-refractivity contribution in [1.29, 1.82) is 0 Å². The monoisotopic (exact) mass is 859 g/mol. The molecule has 0 amide bonds. The fraction of sp³-hybridized carbons (Fsp3) is 0.625. The number of unbranched alkanes of at least 4 members (excludes halogenated alkanes) is 20. The molecule has 0 saturated heterocycles. The van der Waals surface area contributed by atoms with Crippen molar-refractivity contribution in [2.75, 3.05) is 13.2 Å². The van der Waals surface area contributed by atoms with Crippen LogP contribution in [0.1, 0.15) is 207 Å². The fourth-order valence-corrected chi connectivity index (χ4v) is 6.46. The highest BCUT2D eigenvalue weighted by Crippen LogP contribution is 2.13. The topological polar surface area (TPSA) is 78.9 Å². The van der Waals surface area contributed by atoms with Crippen LogP contribution in [0.25, 0.3) is 0 Å². The van der Waals surface area contributed by atoms with Gasteiger partial charge in [0.05, 0.1) is 0 Å². The van der Waals surface area contributed by atoms with Crippen LogP contribution in [-0.4, -0.2) is 37.2 Å². The Hall–Kier alpha value is -3.93. The van der Waals surface area contributed by atoms with Crippen LogP contribution in [0, 0.1) is 0 Å². The molecule has 0 bridgehead atoms. The van der Waals surface area contributed by atoms with Crippen molar-refractivity contribution in [1.82, 2.24) is 0 Å². The highest BCUT2D eigenvalue weighted by molar-refractivity contribution is 5.71. The summed E-state index contributed by atoms with van der Waals surface area (Å²) in [7, 11) is 0. The molecule has 6 nitrogen and oxygen atoms in total. The average Bonchev–Trinajstić information content (AvgIpc) is 3.27. The molecule has 6 heteroatoms. The number of ether oxygens (including phenoxy) is 3. The van der Waals surface area contributed by atoms with E-state index < -0.39 is 6.10 Å². The lowest BCUT2D eigenvalue weighted by Crippen LogP contribution is -2.30. The molecule has 0 aromatic carbocycles. The average molecular weight is 859 g/mol. The zero-order valence-electron chi connectivity index (χ0n) is 39.8. The predicted octanol–water partition coefficient (Wildman–Crippen LogP) is 16.4. The van der Waals surface area contributed by atoms with Gasteiger partial charge in [-0.2, -0.15) is 0 Å². The lowest BCUT2D eigenvalue weighted by Gasteiger charge is -2.18. The van der Waals surface area contributed by atoms with Gasteiger partial charge in [-0.05, 0) is 83.5 Å². The molecule has 0 spiro atoms. The van der Waals surface area contributed by atoms with Crippen molar-refractivity contribution >= 4 is 17.9 Å².